The molecule has 7 heteroatoms. The third-order valence-electron chi connectivity index (χ3n) is 1.83. The second-order valence-electron chi connectivity index (χ2n) is 2.94. The van der Waals surface area contributed by atoms with Crippen molar-refractivity contribution in [2.75, 3.05) is 5.32 Å². The molecule has 0 atom stereocenters. The first-order valence-corrected chi connectivity index (χ1v) is 5.08. The number of hydrogen-bond acceptors (Lipinski definition) is 3. The summed E-state index contributed by atoms with van der Waals surface area (Å²) in [4.78, 5) is 11.5. The van der Waals surface area contributed by atoms with Gasteiger partial charge >= 0.3 is 0 Å². The molecule has 0 spiro atoms. The van der Waals surface area contributed by atoms with Gasteiger partial charge in [0.05, 0.1) is 10.7 Å². The number of nitrogens with zero attached hydrogens (tertiary/aromatic N) is 2. The Bertz CT molecular complexity index is 514. The van der Waals surface area contributed by atoms with Crippen LogP contribution >= 0.6 is 15.9 Å². The van der Waals surface area contributed by atoms with E-state index in [0.717, 1.165) is 0 Å². The summed E-state index contributed by atoms with van der Waals surface area (Å²) >= 11 is 3.02. The van der Waals surface area contributed by atoms with Gasteiger partial charge in [0.1, 0.15) is 5.82 Å². The second-order valence-corrected chi connectivity index (χ2v) is 3.79. The number of carbonyl (C=O) groups is 1. The number of halogens is 2. The smallest absolute Gasteiger partial charge is 0.277 e. The molecule has 2 aromatic rings. The van der Waals surface area contributed by atoms with Crippen LogP contribution in [0.2, 0.25) is 0 Å². The number of H-pyrrole nitrogens is 1. The van der Waals surface area contributed by atoms with Crippen molar-refractivity contribution in [2.45, 2.75) is 0 Å². The molecule has 1 aromatic carbocycles. The van der Waals surface area contributed by atoms with Crippen LogP contribution in [0.3, 0.4) is 0 Å². The average Bonchev–Trinajstić information content (AvgIpc) is 2.77. The fourth-order valence-electron chi connectivity index (χ4n) is 1.08. The minimum absolute atomic E-state index is 0.142. The monoisotopic (exact) mass is 284 g/mol. The largest absolute Gasteiger partial charge is 0.320 e. The predicted octanol–water partition coefficient (Wildman–Crippen LogP) is 1.96. The lowest BCUT2D eigenvalue weighted by Gasteiger charge is -2.03. The van der Waals surface area contributed by atoms with Gasteiger partial charge in [-0.1, -0.05) is 0 Å². The number of benzene rings is 1. The van der Waals surface area contributed by atoms with Gasteiger partial charge < -0.3 is 5.32 Å². The molecular weight excluding hydrogens is 279 g/mol. The molecule has 0 radical (unpaired) electrons. The highest BCUT2D eigenvalue weighted by Gasteiger charge is 2.09. The minimum Gasteiger partial charge on any atom is -0.320 e. The Hall–Kier alpha value is -1.76. The van der Waals surface area contributed by atoms with Crippen LogP contribution in [0.25, 0.3) is 0 Å². The van der Waals surface area contributed by atoms with E-state index in [2.05, 4.69) is 36.7 Å². The molecule has 1 heterocycles. The summed E-state index contributed by atoms with van der Waals surface area (Å²) in [6.45, 7) is 0. The Morgan fingerprint density at radius 2 is 2.31 bits per heavy atom. The van der Waals surface area contributed by atoms with Gasteiger partial charge in [0, 0.05) is 5.69 Å². The first-order valence-electron chi connectivity index (χ1n) is 4.29. The highest BCUT2D eigenvalue weighted by Crippen LogP contribution is 2.19. The number of hydrogen-bond donors (Lipinski definition) is 2. The third kappa shape index (κ3) is 2.25. The topological polar surface area (TPSA) is 70.7 Å². The zero-order valence-corrected chi connectivity index (χ0v) is 9.45. The van der Waals surface area contributed by atoms with Crippen LogP contribution in [0.5, 0.6) is 0 Å². The molecule has 0 aliphatic carbocycles. The molecule has 0 saturated carbocycles. The molecule has 1 amide bonds. The van der Waals surface area contributed by atoms with E-state index < -0.39 is 11.7 Å². The highest BCUT2D eigenvalue weighted by molar-refractivity contribution is 9.10. The van der Waals surface area contributed by atoms with E-state index in [1.165, 1.54) is 18.3 Å². The summed E-state index contributed by atoms with van der Waals surface area (Å²) in [5, 5.41) is 11.9. The Morgan fingerprint density at radius 1 is 1.50 bits per heavy atom. The fraction of sp³-hybridized carbons (Fsp3) is 0. The number of anilines is 1. The van der Waals surface area contributed by atoms with E-state index in [1.807, 2.05) is 0 Å². The normalized spacial score (nSPS) is 10.1. The zero-order chi connectivity index (χ0) is 11.5. The maximum atomic E-state index is 13.1. The van der Waals surface area contributed by atoms with Gasteiger partial charge in [-0.15, -0.1) is 0 Å². The molecule has 82 valence electrons. The standard InChI is InChI=1S/C9H6BrFN4O/c10-6-2-1-5(3-7(6)11)13-9(16)8-4-12-15-14-8/h1-4H,(H,13,16)(H,12,14,15). The van der Waals surface area contributed by atoms with E-state index in [-0.39, 0.29) is 5.69 Å². The lowest BCUT2D eigenvalue weighted by Crippen LogP contribution is -2.12. The Balaban J connectivity index is 2.15. The zero-order valence-electron chi connectivity index (χ0n) is 7.87. The van der Waals surface area contributed by atoms with Gasteiger partial charge in [0.2, 0.25) is 0 Å². The van der Waals surface area contributed by atoms with Gasteiger partial charge in [-0.2, -0.15) is 15.4 Å². The quantitative estimate of drug-likeness (QED) is 0.886. The van der Waals surface area contributed by atoms with E-state index >= 15 is 0 Å². The van der Waals surface area contributed by atoms with Crippen LogP contribution in [0.1, 0.15) is 10.5 Å². The minimum atomic E-state index is -0.449. The Labute approximate surface area is 98.2 Å². The van der Waals surface area contributed by atoms with Gasteiger partial charge in [-0.25, -0.2) is 4.39 Å². The molecule has 2 rings (SSSR count). The van der Waals surface area contributed by atoms with Crippen molar-refractivity contribution in [1.82, 2.24) is 15.4 Å². The lowest BCUT2D eigenvalue weighted by molar-refractivity contribution is 0.102. The number of aromatic amines is 1. The van der Waals surface area contributed by atoms with Crippen LogP contribution < -0.4 is 5.32 Å². The fourth-order valence-corrected chi connectivity index (χ4v) is 1.33. The molecule has 0 fully saturated rings. The SMILES string of the molecule is O=C(Nc1ccc(Br)c(F)c1)c1cn[nH]n1. The van der Waals surface area contributed by atoms with E-state index in [1.54, 1.807) is 6.07 Å². The van der Waals surface area contributed by atoms with Crippen molar-refractivity contribution in [3.63, 3.8) is 0 Å². The van der Waals surface area contributed by atoms with Gasteiger partial charge in [0.15, 0.2) is 5.69 Å². The first kappa shape index (κ1) is 10.7. The van der Waals surface area contributed by atoms with Crippen LogP contribution in [0.15, 0.2) is 28.9 Å². The van der Waals surface area contributed by atoms with Crippen molar-refractivity contribution in [3.05, 3.63) is 40.4 Å². The average molecular weight is 285 g/mol. The summed E-state index contributed by atoms with van der Waals surface area (Å²) in [5.74, 6) is -0.895. The summed E-state index contributed by atoms with van der Waals surface area (Å²) in [7, 11) is 0. The van der Waals surface area contributed by atoms with Crippen molar-refractivity contribution in [2.24, 2.45) is 0 Å². The van der Waals surface area contributed by atoms with Gasteiger partial charge in [0.25, 0.3) is 5.91 Å². The molecule has 0 saturated heterocycles. The molecule has 0 unspecified atom stereocenters. The molecule has 0 aliphatic heterocycles. The molecule has 0 aliphatic rings. The van der Waals surface area contributed by atoms with E-state index in [4.69, 9.17) is 0 Å². The van der Waals surface area contributed by atoms with Crippen LogP contribution in [-0.2, 0) is 0 Å². The Morgan fingerprint density at radius 3 is 2.94 bits per heavy atom. The van der Waals surface area contributed by atoms with Gasteiger partial charge in [-0.05, 0) is 34.1 Å². The van der Waals surface area contributed by atoms with E-state index in [9.17, 15) is 9.18 Å². The van der Waals surface area contributed by atoms with Crippen molar-refractivity contribution in [3.8, 4) is 0 Å². The first-order chi connectivity index (χ1) is 7.66. The van der Waals surface area contributed by atoms with Crippen molar-refractivity contribution >= 4 is 27.5 Å². The molecular formula is C9H6BrFN4O. The predicted molar refractivity (Wildman–Crippen MR) is 58.4 cm³/mol. The molecule has 0 bridgehead atoms. The molecule has 5 nitrogen and oxygen atoms in total. The highest BCUT2D eigenvalue weighted by atomic mass is 79.9. The Kier molecular flexibility index (Phi) is 2.95. The molecule has 16 heavy (non-hydrogen) atoms. The van der Waals surface area contributed by atoms with E-state index in [0.29, 0.717) is 10.2 Å². The summed E-state index contributed by atoms with van der Waals surface area (Å²) in [5.41, 5.74) is 0.497. The van der Waals surface area contributed by atoms with Crippen LogP contribution in [0.4, 0.5) is 10.1 Å². The van der Waals surface area contributed by atoms with Crippen molar-refractivity contribution in [1.29, 1.82) is 0 Å². The maximum absolute atomic E-state index is 13.1. The van der Waals surface area contributed by atoms with Crippen LogP contribution in [0, 0.1) is 5.82 Å². The van der Waals surface area contributed by atoms with Crippen molar-refractivity contribution < 1.29 is 9.18 Å². The lowest BCUT2D eigenvalue weighted by atomic mass is 10.3. The molecule has 1 aromatic heterocycles. The summed E-state index contributed by atoms with van der Waals surface area (Å²) in [6, 6.07) is 4.29. The molecule has 2 N–H and O–H groups in total. The maximum Gasteiger partial charge on any atom is 0.277 e. The summed E-state index contributed by atoms with van der Waals surface area (Å²) in [6.07, 6.45) is 1.28. The number of carbonyl (C=O) groups excluding carboxylic acids is 1. The number of amides is 1. The number of aromatic nitrogens is 3. The summed E-state index contributed by atoms with van der Waals surface area (Å²) < 4.78 is 13.5. The van der Waals surface area contributed by atoms with Crippen LogP contribution in [-0.4, -0.2) is 21.3 Å². The second kappa shape index (κ2) is 4.40. The number of rotatable bonds is 2. The van der Waals surface area contributed by atoms with Gasteiger partial charge in [-0.3, -0.25) is 4.79 Å². The number of nitrogens with one attached hydrogen (secondary N) is 2. The third-order valence-corrected chi connectivity index (χ3v) is 2.47.